The molecule has 0 fully saturated rings. The average Bonchev–Trinajstić information content (AvgIpc) is 1.83. The Labute approximate surface area is 62.2 Å². The van der Waals surface area contributed by atoms with Crippen molar-refractivity contribution in [3.63, 3.8) is 0 Å². The fourth-order valence-corrected chi connectivity index (χ4v) is 0.477. The Morgan fingerprint density at radius 2 is 2.33 bits per heavy atom. The van der Waals surface area contributed by atoms with E-state index in [1.54, 1.807) is 0 Å². The Kier molecular flexibility index (Phi) is 4.51. The molecule has 0 bridgehead atoms. The minimum atomic E-state index is 0.607. The van der Waals surface area contributed by atoms with Gasteiger partial charge in [-0.05, 0) is 12.0 Å². The molecule has 0 aromatic rings. The maximum absolute atomic E-state index is 5.50. The summed E-state index contributed by atoms with van der Waals surface area (Å²) in [6.07, 6.45) is 5.06. The minimum Gasteiger partial charge on any atom is -0.0850 e. The molecule has 52 valence electrons. The van der Waals surface area contributed by atoms with Gasteiger partial charge in [-0.1, -0.05) is 44.5 Å². The van der Waals surface area contributed by atoms with E-state index in [0.717, 1.165) is 6.42 Å². The van der Waals surface area contributed by atoms with Gasteiger partial charge in [0.1, 0.15) is 0 Å². The van der Waals surface area contributed by atoms with E-state index in [2.05, 4.69) is 26.5 Å². The molecule has 1 unspecified atom stereocenters. The Balaban J connectivity index is 3.56. The molecule has 0 nitrogen and oxygen atoms in total. The molecule has 0 saturated heterocycles. The van der Waals surface area contributed by atoms with Gasteiger partial charge >= 0.3 is 0 Å². The van der Waals surface area contributed by atoms with E-state index in [4.69, 9.17) is 11.6 Å². The van der Waals surface area contributed by atoms with E-state index in [1.807, 2.05) is 6.08 Å². The van der Waals surface area contributed by atoms with E-state index < -0.39 is 0 Å². The zero-order valence-electron chi connectivity index (χ0n) is 6.02. The summed E-state index contributed by atoms with van der Waals surface area (Å²) < 4.78 is 0. The molecule has 0 aliphatic carbocycles. The lowest BCUT2D eigenvalue weighted by molar-refractivity contribution is 0.698. The summed E-state index contributed by atoms with van der Waals surface area (Å²) in [4.78, 5) is 0. The monoisotopic (exact) mass is 144 g/mol. The second-order valence-electron chi connectivity index (χ2n) is 2.19. The first-order valence-electron chi connectivity index (χ1n) is 3.19. The Morgan fingerprint density at radius 3 is 2.67 bits per heavy atom. The van der Waals surface area contributed by atoms with Crippen LogP contribution >= 0.6 is 11.6 Å². The molecule has 0 aromatic carbocycles. The molecule has 0 spiro atoms. The van der Waals surface area contributed by atoms with Crippen molar-refractivity contribution in [2.24, 2.45) is 5.92 Å². The summed E-state index contributed by atoms with van der Waals surface area (Å²) in [6.45, 7) is 7.83. The smallest absolute Gasteiger partial charge is 0.0331 e. The minimum absolute atomic E-state index is 0.607. The summed E-state index contributed by atoms with van der Waals surface area (Å²) in [6, 6.07) is 0. The lowest BCUT2D eigenvalue weighted by Crippen LogP contribution is -1.83. The van der Waals surface area contributed by atoms with Crippen LogP contribution in [0.3, 0.4) is 0 Å². The molecule has 0 heterocycles. The molecular weight excluding hydrogens is 132 g/mol. The van der Waals surface area contributed by atoms with Gasteiger partial charge in [0.15, 0.2) is 0 Å². The third-order valence-electron chi connectivity index (χ3n) is 1.25. The van der Waals surface area contributed by atoms with Crippen LogP contribution < -0.4 is 0 Å². The standard InChI is InChI=1S/C8H13Cl/c1-4-7(2)5-6-8(3)9/h5-7H,3-4H2,1-2H3/b6-5-. The quantitative estimate of drug-likeness (QED) is 0.533. The van der Waals surface area contributed by atoms with Crippen LogP contribution in [-0.4, -0.2) is 0 Å². The number of rotatable bonds is 3. The SMILES string of the molecule is C=C(Cl)/C=C\C(C)CC. The van der Waals surface area contributed by atoms with Gasteiger partial charge in [-0.15, -0.1) is 0 Å². The van der Waals surface area contributed by atoms with Gasteiger partial charge in [0.2, 0.25) is 0 Å². The molecule has 0 N–H and O–H groups in total. The van der Waals surface area contributed by atoms with Gasteiger partial charge in [0.25, 0.3) is 0 Å². The average molecular weight is 145 g/mol. The highest BCUT2D eigenvalue weighted by Crippen LogP contribution is 2.05. The predicted molar refractivity (Wildman–Crippen MR) is 43.6 cm³/mol. The maximum atomic E-state index is 5.50. The van der Waals surface area contributed by atoms with Crippen molar-refractivity contribution < 1.29 is 0 Å². The van der Waals surface area contributed by atoms with E-state index in [1.165, 1.54) is 0 Å². The van der Waals surface area contributed by atoms with E-state index in [0.29, 0.717) is 11.0 Å². The second-order valence-corrected chi connectivity index (χ2v) is 2.68. The Hall–Kier alpha value is -0.230. The van der Waals surface area contributed by atoms with E-state index in [-0.39, 0.29) is 0 Å². The fourth-order valence-electron chi connectivity index (χ4n) is 0.405. The van der Waals surface area contributed by atoms with Crippen LogP contribution in [0.5, 0.6) is 0 Å². The summed E-state index contributed by atoms with van der Waals surface area (Å²) in [5.41, 5.74) is 0. The van der Waals surface area contributed by atoms with Crippen molar-refractivity contribution >= 4 is 11.6 Å². The molecule has 0 aliphatic heterocycles. The number of halogens is 1. The summed E-state index contributed by atoms with van der Waals surface area (Å²) >= 11 is 5.50. The first-order valence-corrected chi connectivity index (χ1v) is 3.57. The van der Waals surface area contributed by atoms with Crippen molar-refractivity contribution in [3.8, 4) is 0 Å². The normalized spacial score (nSPS) is 14.1. The van der Waals surface area contributed by atoms with Crippen LogP contribution in [0.15, 0.2) is 23.8 Å². The number of hydrogen-bond acceptors (Lipinski definition) is 0. The van der Waals surface area contributed by atoms with E-state index >= 15 is 0 Å². The number of hydrogen-bond donors (Lipinski definition) is 0. The number of allylic oxidation sites excluding steroid dienone is 3. The topological polar surface area (TPSA) is 0 Å². The fraction of sp³-hybridized carbons (Fsp3) is 0.500. The predicted octanol–water partition coefficient (Wildman–Crippen LogP) is 3.34. The van der Waals surface area contributed by atoms with Crippen LogP contribution in [0.2, 0.25) is 0 Å². The van der Waals surface area contributed by atoms with Gasteiger partial charge in [0.05, 0.1) is 0 Å². The van der Waals surface area contributed by atoms with Crippen LogP contribution in [0.25, 0.3) is 0 Å². The van der Waals surface area contributed by atoms with Crippen molar-refractivity contribution in [2.45, 2.75) is 20.3 Å². The molecule has 0 radical (unpaired) electrons. The highest BCUT2D eigenvalue weighted by atomic mass is 35.5. The van der Waals surface area contributed by atoms with Crippen LogP contribution in [0.1, 0.15) is 20.3 Å². The van der Waals surface area contributed by atoms with Crippen LogP contribution in [-0.2, 0) is 0 Å². The van der Waals surface area contributed by atoms with Gasteiger partial charge in [-0.3, -0.25) is 0 Å². The highest BCUT2D eigenvalue weighted by molar-refractivity contribution is 6.30. The molecule has 0 aliphatic rings. The van der Waals surface area contributed by atoms with Gasteiger partial charge < -0.3 is 0 Å². The highest BCUT2D eigenvalue weighted by Gasteiger charge is 1.88. The summed E-state index contributed by atoms with van der Waals surface area (Å²) in [5, 5.41) is 0.607. The summed E-state index contributed by atoms with van der Waals surface area (Å²) in [7, 11) is 0. The van der Waals surface area contributed by atoms with Gasteiger partial charge in [0, 0.05) is 5.03 Å². The lowest BCUT2D eigenvalue weighted by atomic mass is 10.1. The van der Waals surface area contributed by atoms with Crippen molar-refractivity contribution in [1.29, 1.82) is 0 Å². The van der Waals surface area contributed by atoms with Crippen molar-refractivity contribution in [3.05, 3.63) is 23.8 Å². The molecule has 0 amide bonds. The lowest BCUT2D eigenvalue weighted by Gasteiger charge is -1.97. The third kappa shape index (κ3) is 5.64. The zero-order chi connectivity index (χ0) is 7.28. The second kappa shape index (κ2) is 4.63. The molecular formula is C8H13Cl. The maximum Gasteiger partial charge on any atom is 0.0331 e. The molecule has 1 atom stereocenters. The van der Waals surface area contributed by atoms with Crippen molar-refractivity contribution in [1.82, 2.24) is 0 Å². The first-order chi connectivity index (χ1) is 4.16. The first kappa shape index (κ1) is 8.77. The van der Waals surface area contributed by atoms with Crippen LogP contribution in [0.4, 0.5) is 0 Å². The van der Waals surface area contributed by atoms with Gasteiger partial charge in [-0.2, -0.15) is 0 Å². The van der Waals surface area contributed by atoms with E-state index in [9.17, 15) is 0 Å². The van der Waals surface area contributed by atoms with Gasteiger partial charge in [-0.25, -0.2) is 0 Å². The van der Waals surface area contributed by atoms with Crippen molar-refractivity contribution in [2.75, 3.05) is 0 Å². The molecule has 1 heteroatoms. The molecule has 0 aromatic heterocycles. The zero-order valence-corrected chi connectivity index (χ0v) is 6.78. The largest absolute Gasteiger partial charge is 0.0850 e. The third-order valence-corrected chi connectivity index (χ3v) is 1.38. The van der Waals surface area contributed by atoms with Crippen LogP contribution in [0, 0.1) is 5.92 Å². The Bertz CT molecular complexity index is 114. The Morgan fingerprint density at radius 1 is 1.78 bits per heavy atom. The molecule has 0 rings (SSSR count). The molecule has 0 saturated carbocycles. The molecule has 9 heavy (non-hydrogen) atoms. The summed E-state index contributed by atoms with van der Waals surface area (Å²) in [5.74, 6) is 0.612.